The molecule has 0 aromatic rings. The summed E-state index contributed by atoms with van der Waals surface area (Å²) >= 11 is 3.26. The summed E-state index contributed by atoms with van der Waals surface area (Å²) < 4.78 is 22.5. The SMILES string of the molecule is CC(C)(C)S(=O)(=O)CCNCCBr. The van der Waals surface area contributed by atoms with E-state index in [1.54, 1.807) is 20.8 Å². The number of sulfone groups is 1. The largest absolute Gasteiger partial charge is 0.315 e. The zero-order valence-electron chi connectivity index (χ0n) is 8.43. The van der Waals surface area contributed by atoms with Crippen LogP contribution < -0.4 is 5.32 Å². The highest BCUT2D eigenvalue weighted by Crippen LogP contribution is 2.14. The minimum absolute atomic E-state index is 0.212. The Hall–Kier alpha value is 0.390. The number of rotatable bonds is 5. The van der Waals surface area contributed by atoms with E-state index < -0.39 is 14.6 Å². The molecule has 1 N–H and O–H groups in total. The van der Waals surface area contributed by atoms with Crippen LogP contribution in [-0.4, -0.2) is 37.3 Å². The van der Waals surface area contributed by atoms with Crippen LogP contribution in [0.5, 0.6) is 0 Å². The summed E-state index contributed by atoms with van der Waals surface area (Å²) in [5.41, 5.74) is 0. The monoisotopic (exact) mass is 271 g/mol. The van der Waals surface area contributed by atoms with Gasteiger partial charge in [0.25, 0.3) is 0 Å². The Balaban J connectivity index is 3.92. The van der Waals surface area contributed by atoms with Crippen molar-refractivity contribution in [2.45, 2.75) is 25.5 Å². The van der Waals surface area contributed by atoms with E-state index in [-0.39, 0.29) is 5.75 Å². The first-order valence-electron chi connectivity index (χ1n) is 4.30. The van der Waals surface area contributed by atoms with Crippen LogP contribution in [0.3, 0.4) is 0 Å². The van der Waals surface area contributed by atoms with Crippen molar-refractivity contribution in [2.24, 2.45) is 0 Å². The Morgan fingerprint density at radius 3 is 2.15 bits per heavy atom. The van der Waals surface area contributed by atoms with E-state index in [4.69, 9.17) is 0 Å². The van der Waals surface area contributed by atoms with Gasteiger partial charge in [-0.05, 0) is 20.8 Å². The molecule has 0 aliphatic rings. The number of alkyl halides is 1. The number of halogens is 1. The minimum Gasteiger partial charge on any atom is -0.315 e. The fourth-order valence-electron chi connectivity index (χ4n) is 0.705. The van der Waals surface area contributed by atoms with E-state index in [1.807, 2.05) is 0 Å². The second kappa shape index (κ2) is 5.32. The van der Waals surface area contributed by atoms with Crippen molar-refractivity contribution in [1.29, 1.82) is 0 Å². The molecule has 3 nitrogen and oxygen atoms in total. The van der Waals surface area contributed by atoms with Crippen molar-refractivity contribution in [3.05, 3.63) is 0 Å². The molecule has 0 atom stereocenters. The lowest BCUT2D eigenvalue weighted by atomic mass is 10.3. The van der Waals surface area contributed by atoms with Crippen molar-refractivity contribution < 1.29 is 8.42 Å². The first-order valence-corrected chi connectivity index (χ1v) is 7.07. The molecule has 0 aromatic heterocycles. The molecule has 13 heavy (non-hydrogen) atoms. The first-order chi connectivity index (χ1) is 5.81. The molecular formula is C8H18BrNO2S. The van der Waals surface area contributed by atoms with Gasteiger partial charge in [0.2, 0.25) is 0 Å². The van der Waals surface area contributed by atoms with Gasteiger partial charge in [0, 0.05) is 18.4 Å². The van der Waals surface area contributed by atoms with E-state index in [1.165, 1.54) is 0 Å². The predicted molar refractivity (Wildman–Crippen MR) is 60.2 cm³/mol. The van der Waals surface area contributed by atoms with Crippen LogP contribution in [0, 0.1) is 0 Å². The molecule has 0 bridgehead atoms. The van der Waals surface area contributed by atoms with Crippen molar-refractivity contribution in [2.75, 3.05) is 24.2 Å². The molecule has 0 unspecified atom stereocenters. The van der Waals surface area contributed by atoms with Gasteiger partial charge in [-0.1, -0.05) is 15.9 Å². The summed E-state index contributed by atoms with van der Waals surface area (Å²) in [5, 5.41) is 3.89. The van der Waals surface area contributed by atoms with Crippen LogP contribution in [0.25, 0.3) is 0 Å². The molecule has 0 fully saturated rings. The van der Waals surface area contributed by atoms with Gasteiger partial charge in [-0.3, -0.25) is 0 Å². The second-order valence-electron chi connectivity index (χ2n) is 3.87. The third-order valence-electron chi connectivity index (χ3n) is 1.75. The Labute approximate surface area is 89.3 Å². The second-order valence-corrected chi connectivity index (χ2v) is 7.53. The molecule has 0 aliphatic carbocycles. The number of nitrogens with one attached hydrogen (secondary N) is 1. The van der Waals surface area contributed by atoms with Gasteiger partial charge >= 0.3 is 0 Å². The van der Waals surface area contributed by atoms with E-state index >= 15 is 0 Å². The van der Waals surface area contributed by atoms with Gasteiger partial charge in [0.05, 0.1) is 10.5 Å². The number of hydrogen-bond acceptors (Lipinski definition) is 3. The summed E-state index contributed by atoms with van der Waals surface area (Å²) in [4.78, 5) is 0. The lowest BCUT2D eigenvalue weighted by Crippen LogP contribution is -2.35. The van der Waals surface area contributed by atoms with Crippen molar-refractivity contribution in [1.82, 2.24) is 5.32 Å². The highest BCUT2D eigenvalue weighted by molar-refractivity contribution is 9.09. The topological polar surface area (TPSA) is 46.2 Å². The van der Waals surface area contributed by atoms with Crippen molar-refractivity contribution in [3.8, 4) is 0 Å². The Morgan fingerprint density at radius 1 is 1.23 bits per heavy atom. The molecule has 0 radical (unpaired) electrons. The quantitative estimate of drug-likeness (QED) is 0.604. The molecule has 0 rings (SSSR count). The maximum absolute atomic E-state index is 11.6. The lowest BCUT2D eigenvalue weighted by molar-refractivity contribution is 0.557. The first kappa shape index (κ1) is 13.4. The van der Waals surface area contributed by atoms with Crippen LogP contribution in [0.15, 0.2) is 0 Å². The van der Waals surface area contributed by atoms with Crippen LogP contribution in [0.2, 0.25) is 0 Å². The molecule has 0 aliphatic heterocycles. The maximum atomic E-state index is 11.6. The fourth-order valence-corrected chi connectivity index (χ4v) is 2.01. The Bertz CT molecular complexity index is 231. The third kappa shape index (κ3) is 4.98. The van der Waals surface area contributed by atoms with Crippen LogP contribution in [0.4, 0.5) is 0 Å². The van der Waals surface area contributed by atoms with Gasteiger partial charge in [0.1, 0.15) is 0 Å². The van der Waals surface area contributed by atoms with Crippen LogP contribution in [0.1, 0.15) is 20.8 Å². The summed E-state index contributed by atoms with van der Waals surface area (Å²) in [7, 11) is -2.96. The van der Waals surface area contributed by atoms with Crippen LogP contribution >= 0.6 is 15.9 Å². The van der Waals surface area contributed by atoms with Crippen LogP contribution in [-0.2, 0) is 9.84 Å². The summed E-state index contributed by atoms with van der Waals surface area (Å²) in [6.07, 6.45) is 0. The zero-order valence-corrected chi connectivity index (χ0v) is 10.8. The van der Waals surface area contributed by atoms with E-state index in [0.29, 0.717) is 6.54 Å². The normalized spacial score (nSPS) is 13.2. The summed E-state index contributed by atoms with van der Waals surface area (Å²) in [6, 6.07) is 0. The molecule has 0 aromatic carbocycles. The number of hydrogen-bond donors (Lipinski definition) is 1. The average molecular weight is 272 g/mol. The Kier molecular flexibility index (Phi) is 5.47. The van der Waals surface area contributed by atoms with E-state index in [9.17, 15) is 8.42 Å². The fraction of sp³-hybridized carbons (Fsp3) is 1.00. The lowest BCUT2D eigenvalue weighted by Gasteiger charge is -2.18. The molecule has 0 amide bonds. The van der Waals surface area contributed by atoms with Crippen molar-refractivity contribution in [3.63, 3.8) is 0 Å². The third-order valence-corrected chi connectivity index (χ3v) is 4.76. The van der Waals surface area contributed by atoms with Gasteiger partial charge in [-0.2, -0.15) is 0 Å². The highest BCUT2D eigenvalue weighted by atomic mass is 79.9. The van der Waals surface area contributed by atoms with E-state index in [2.05, 4.69) is 21.2 Å². The Morgan fingerprint density at radius 2 is 1.77 bits per heavy atom. The van der Waals surface area contributed by atoms with Gasteiger partial charge in [-0.25, -0.2) is 8.42 Å². The molecule has 0 saturated carbocycles. The summed E-state index contributed by atoms with van der Waals surface area (Å²) in [5.74, 6) is 0.212. The predicted octanol–water partition coefficient (Wildman–Crippen LogP) is 1.18. The minimum atomic E-state index is -2.96. The van der Waals surface area contributed by atoms with Gasteiger partial charge in [0.15, 0.2) is 9.84 Å². The standard InChI is InChI=1S/C8H18BrNO2S/c1-8(2,3)13(11,12)7-6-10-5-4-9/h10H,4-7H2,1-3H3. The van der Waals surface area contributed by atoms with E-state index in [0.717, 1.165) is 11.9 Å². The molecule has 0 saturated heterocycles. The van der Waals surface area contributed by atoms with Gasteiger partial charge in [-0.15, -0.1) is 0 Å². The summed E-state index contributed by atoms with van der Waals surface area (Å²) in [6.45, 7) is 6.53. The average Bonchev–Trinajstić information content (AvgIpc) is 1.96. The highest BCUT2D eigenvalue weighted by Gasteiger charge is 2.27. The molecule has 0 spiro atoms. The zero-order chi connectivity index (χ0) is 10.5. The maximum Gasteiger partial charge on any atom is 0.156 e. The molecule has 5 heteroatoms. The molecule has 80 valence electrons. The molecular weight excluding hydrogens is 254 g/mol. The van der Waals surface area contributed by atoms with Gasteiger partial charge < -0.3 is 5.32 Å². The smallest absolute Gasteiger partial charge is 0.156 e. The van der Waals surface area contributed by atoms with Crippen molar-refractivity contribution >= 4 is 25.8 Å². The molecule has 0 heterocycles.